The highest BCUT2D eigenvalue weighted by Crippen LogP contribution is 2.25. The van der Waals surface area contributed by atoms with E-state index < -0.39 is 0 Å². The average Bonchev–Trinajstić information content (AvgIpc) is 2.42. The van der Waals surface area contributed by atoms with Crippen LogP contribution < -0.4 is 4.74 Å². The molecular formula is C14H13NO2S. The number of hydrogen-bond acceptors (Lipinski definition) is 4. The molecule has 1 aromatic heterocycles. The van der Waals surface area contributed by atoms with Gasteiger partial charge in [0.2, 0.25) is 5.88 Å². The summed E-state index contributed by atoms with van der Waals surface area (Å²) in [4.78, 5) is 15.9. The summed E-state index contributed by atoms with van der Waals surface area (Å²) in [6.07, 6.45) is 4.31. The molecule has 0 fully saturated rings. The number of aldehydes is 1. The molecule has 0 bridgehead atoms. The zero-order valence-electron chi connectivity index (χ0n) is 10.2. The van der Waals surface area contributed by atoms with Crippen LogP contribution in [0.2, 0.25) is 0 Å². The fourth-order valence-corrected chi connectivity index (χ4v) is 1.92. The van der Waals surface area contributed by atoms with Crippen LogP contribution in [0.4, 0.5) is 0 Å². The molecule has 0 N–H and O–H groups in total. The molecule has 4 heteroatoms. The standard InChI is InChI=1S/C14H13NO2S/c1-10-7-11(9-16)8-15-14(10)17-12-3-5-13(18-2)6-4-12/h3-9H,1-2H3. The molecule has 2 aromatic rings. The van der Waals surface area contributed by atoms with E-state index in [1.165, 1.54) is 11.1 Å². The lowest BCUT2D eigenvalue weighted by Crippen LogP contribution is -1.93. The first-order chi connectivity index (χ1) is 8.72. The molecule has 0 aliphatic carbocycles. The van der Waals surface area contributed by atoms with Gasteiger partial charge < -0.3 is 4.74 Å². The summed E-state index contributed by atoms with van der Waals surface area (Å²) in [5.74, 6) is 1.26. The van der Waals surface area contributed by atoms with Crippen LogP contribution in [-0.2, 0) is 0 Å². The first kappa shape index (κ1) is 12.6. The number of pyridine rings is 1. The summed E-state index contributed by atoms with van der Waals surface area (Å²) >= 11 is 1.68. The Balaban J connectivity index is 2.19. The fourth-order valence-electron chi connectivity index (χ4n) is 1.51. The molecule has 0 aliphatic rings. The van der Waals surface area contributed by atoms with Crippen LogP contribution in [0.5, 0.6) is 11.6 Å². The first-order valence-corrected chi connectivity index (χ1v) is 6.69. The van der Waals surface area contributed by atoms with Gasteiger partial charge in [-0.2, -0.15) is 0 Å². The Morgan fingerprint density at radius 2 is 2.00 bits per heavy atom. The predicted molar refractivity (Wildman–Crippen MR) is 72.7 cm³/mol. The van der Waals surface area contributed by atoms with E-state index in [2.05, 4.69) is 4.98 Å². The number of rotatable bonds is 4. The fraction of sp³-hybridized carbons (Fsp3) is 0.143. The molecule has 0 atom stereocenters. The van der Waals surface area contributed by atoms with E-state index in [-0.39, 0.29) is 0 Å². The third-order valence-electron chi connectivity index (χ3n) is 2.46. The number of nitrogens with zero attached hydrogens (tertiary/aromatic N) is 1. The van der Waals surface area contributed by atoms with Crippen LogP contribution in [-0.4, -0.2) is 17.5 Å². The highest BCUT2D eigenvalue weighted by molar-refractivity contribution is 7.98. The smallest absolute Gasteiger partial charge is 0.222 e. The molecule has 0 aliphatic heterocycles. The van der Waals surface area contributed by atoms with Gasteiger partial charge in [0.05, 0.1) is 0 Å². The largest absolute Gasteiger partial charge is 0.439 e. The molecule has 0 saturated heterocycles. The van der Waals surface area contributed by atoms with Crippen molar-refractivity contribution in [3.05, 3.63) is 47.7 Å². The normalized spacial score (nSPS) is 10.1. The molecule has 92 valence electrons. The Morgan fingerprint density at radius 3 is 2.56 bits per heavy atom. The highest BCUT2D eigenvalue weighted by atomic mass is 32.2. The van der Waals surface area contributed by atoms with Crippen molar-refractivity contribution in [1.82, 2.24) is 4.98 Å². The monoisotopic (exact) mass is 259 g/mol. The van der Waals surface area contributed by atoms with Crippen LogP contribution in [0.15, 0.2) is 41.4 Å². The average molecular weight is 259 g/mol. The van der Waals surface area contributed by atoms with E-state index in [9.17, 15) is 4.79 Å². The van der Waals surface area contributed by atoms with Gasteiger partial charge in [-0.3, -0.25) is 4.79 Å². The van der Waals surface area contributed by atoms with Crippen molar-refractivity contribution in [3.8, 4) is 11.6 Å². The zero-order chi connectivity index (χ0) is 13.0. The third kappa shape index (κ3) is 2.90. The van der Waals surface area contributed by atoms with Crippen molar-refractivity contribution in [1.29, 1.82) is 0 Å². The second kappa shape index (κ2) is 5.69. The molecule has 18 heavy (non-hydrogen) atoms. The maximum Gasteiger partial charge on any atom is 0.222 e. The minimum atomic E-state index is 0.525. The van der Waals surface area contributed by atoms with Crippen molar-refractivity contribution >= 4 is 18.0 Å². The molecule has 0 radical (unpaired) electrons. The van der Waals surface area contributed by atoms with Gasteiger partial charge in [-0.05, 0) is 43.5 Å². The van der Waals surface area contributed by atoms with Gasteiger partial charge in [-0.15, -0.1) is 11.8 Å². The molecule has 0 saturated carbocycles. The van der Waals surface area contributed by atoms with Gasteiger partial charge in [0, 0.05) is 22.2 Å². The minimum Gasteiger partial charge on any atom is -0.439 e. The highest BCUT2D eigenvalue weighted by Gasteiger charge is 2.04. The lowest BCUT2D eigenvalue weighted by molar-refractivity contribution is 0.112. The summed E-state index contributed by atoms with van der Waals surface area (Å²) in [6, 6.07) is 9.55. The molecule has 1 heterocycles. The topological polar surface area (TPSA) is 39.2 Å². The van der Waals surface area contributed by atoms with Crippen LogP contribution in [0.1, 0.15) is 15.9 Å². The quantitative estimate of drug-likeness (QED) is 0.619. The third-order valence-corrected chi connectivity index (χ3v) is 3.21. The Kier molecular flexibility index (Phi) is 3.99. The van der Waals surface area contributed by atoms with E-state index in [1.807, 2.05) is 37.4 Å². The summed E-state index contributed by atoms with van der Waals surface area (Å²) in [5, 5.41) is 0. The van der Waals surface area contributed by atoms with Gasteiger partial charge in [-0.25, -0.2) is 4.98 Å². The second-order valence-corrected chi connectivity index (χ2v) is 4.67. The lowest BCUT2D eigenvalue weighted by atomic mass is 10.2. The zero-order valence-corrected chi connectivity index (χ0v) is 11.0. The predicted octanol–water partition coefficient (Wildman–Crippen LogP) is 3.72. The van der Waals surface area contributed by atoms with Gasteiger partial charge in [0.1, 0.15) is 5.75 Å². The van der Waals surface area contributed by atoms with E-state index in [4.69, 9.17) is 4.74 Å². The van der Waals surface area contributed by atoms with E-state index in [1.54, 1.807) is 17.8 Å². The SMILES string of the molecule is CSc1ccc(Oc2ncc(C=O)cc2C)cc1. The number of hydrogen-bond donors (Lipinski definition) is 0. The molecule has 0 amide bonds. The van der Waals surface area contributed by atoms with Crippen LogP contribution in [0.25, 0.3) is 0 Å². The summed E-state index contributed by atoms with van der Waals surface area (Å²) in [7, 11) is 0. The van der Waals surface area contributed by atoms with Crippen molar-refractivity contribution in [2.75, 3.05) is 6.26 Å². The Hall–Kier alpha value is -1.81. The number of ether oxygens (including phenoxy) is 1. The van der Waals surface area contributed by atoms with Gasteiger partial charge >= 0.3 is 0 Å². The number of benzene rings is 1. The second-order valence-electron chi connectivity index (χ2n) is 3.79. The van der Waals surface area contributed by atoms with Crippen LogP contribution >= 0.6 is 11.8 Å². The van der Waals surface area contributed by atoms with Crippen LogP contribution in [0.3, 0.4) is 0 Å². The van der Waals surface area contributed by atoms with Gasteiger partial charge in [0.15, 0.2) is 6.29 Å². The molecule has 1 aromatic carbocycles. The summed E-state index contributed by atoms with van der Waals surface area (Å²) in [5.41, 5.74) is 1.39. The number of aromatic nitrogens is 1. The van der Waals surface area contributed by atoms with Crippen molar-refractivity contribution < 1.29 is 9.53 Å². The Morgan fingerprint density at radius 1 is 1.28 bits per heavy atom. The molecular weight excluding hydrogens is 246 g/mol. The number of carbonyl (C=O) groups excluding carboxylic acids is 1. The molecule has 0 unspecified atom stereocenters. The number of thioether (sulfide) groups is 1. The van der Waals surface area contributed by atoms with Crippen molar-refractivity contribution in [3.63, 3.8) is 0 Å². The van der Waals surface area contributed by atoms with Gasteiger partial charge in [0.25, 0.3) is 0 Å². The molecule has 3 nitrogen and oxygen atoms in total. The van der Waals surface area contributed by atoms with Crippen molar-refractivity contribution in [2.45, 2.75) is 11.8 Å². The minimum absolute atomic E-state index is 0.525. The van der Waals surface area contributed by atoms with E-state index in [0.29, 0.717) is 11.4 Å². The first-order valence-electron chi connectivity index (χ1n) is 5.46. The van der Waals surface area contributed by atoms with E-state index in [0.717, 1.165) is 17.6 Å². The van der Waals surface area contributed by atoms with Crippen LogP contribution in [0, 0.1) is 6.92 Å². The summed E-state index contributed by atoms with van der Waals surface area (Å²) < 4.78 is 5.67. The number of carbonyl (C=O) groups is 1. The maximum absolute atomic E-state index is 10.6. The lowest BCUT2D eigenvalue weighted by Gasteiger charge is -2.08. The van der Waals surface area contributed by atoms with Gasteiger partial charge in [-0.1, -0.05) is 0 Å². The number of aryl methyl sites for hydroxylation is 1. The Labute approximate surface area is 110 Å². The summed E-state index contributed by atoms with van der Waals surface area (Å²) in [6.45, 7) is 1.87. The Bertz CT molecular complexity index is 552. The van der Waals surface area contributed by atoms with Crippen molar-refractivity contribution in [2.24, 2.45) is 0 Å². The van der Waals surface area contributed by atoms with E-state index >= 15 is 0 Å². The molecule has 2 rings (SSSR count). The molecule has 0 spiro atoms. The maximum atomic E-state index is 10.6.